The van der Waals surface area contributed by atoms with Gasteiger partial charge in [0, 0.05) is 25.2 Å². The second-order valence-electron chi connectivity index (χ2n) is 4.95. The molecule has 0 aromatic carbocycles. The van der Waals surface area contributed by atoms with Crippen LogP contribution < -0.4 is 15.4 Å². The van der Waals surface area contributed by atoms with E-state index in [2.05, 4.69) is 14.6 Å². The SMILES string of the molecule is NC1CCCN(c2cncc(OCOCC(F)(F)F)c2)C1. The van der Waals surface area contributed by atoms with E-state index in [1.54, 1.807) is 12.3 Å². The van der Waals surface area contributed by atoms with Gasteiger partial charge in [-0.1, -0.05) is 0 Å². The fourth-order valence-electron chi connectivity index (χ4n) is 2.17. The molecule has 1 aromatic heterocycles. The maximum atomic E-state index is 11.9. The van der Waals surface area contributed by atoms with Crippen LogP contribution in [0.5, 0.6) is 5.75 Å². The molecule has 1 saturated heterocycles. The number of piperidine rings is 1. The minimum Gasteiger partial charge on any atom is -0.466 e. The molecule has 0 saturated carbocycles. The highest BCUT2D eigenvalue weighted by molar-refractivity contribution is 5.48. The topological polar surface area (TPSA) is 60.6 Å². The molecule has 1 aliphatic heterocycles. The Morgan fingerprint density at radius 1 is 1.38 bits per heavy atom. The van der Waals surface area contributed by atoms with Crippen molar-refractivity contribution in [1.82, 2.24) is 4.98 Å². The minimum atomic E-state index is -4.35. The summed E-state index contributed by atoms with van der Waals surface area (Å²) >= 11 is 0. The zero-order valence-electron chi connectivity index (χ0n) is 11.5. The van der Waals surface area contributed by atoms with Gasteiger partial charge in [0.15, 0.2) is 6.79 Å². The average molecular weight is 305 g/mol. The number of ether oxygens (including phenoxy) is 2. The first-order valence-electron chi connectivity index (χ1n) is 6.67. The number of hydrogen-bond acceptors (Lipinski definition) is 5. The van der Waals surface area contributed by atoms with Crippen molar-refractivity contribution >= 4 is 5.69 Å². The Hall–Kier alpha value is -1.54. The van der Waals surface area contributed by atoms with Crippen molar-refractivity contribution in [2.24, 2.45) is 5.73 Å². The van der Waals surface area contributed by atoms with Gasteiger partial charge in [-0.2, -0.15) is 13.2 Å². The maximum absolute atomic E-state index is 11.9. The lowest BCUT2D eigenvalue weighted by molar-refractivity contribution is -0.186. The van der Waals surface area contributed by atoms with Crippen molar-refractivity contribution in [2.75, 3.05) is 31.4 Å². The third-order valence-corrected chi connectivity index (χ3v) is 3.10. The molecule has 1 atom stereocenters. The second-order valence-corrected chi connectivity index (χ2v) is 4.95. The Kier molecular flexibility index (Phi) is 5.24. The molecule has 2 N–H and O–H groups in total. The Labute approximate surface area is 120 Å². The first-order chi connectivity index (χ1) is 9.94. The van der Waals surface area contributed by atoms with Gasteiger partial charge in [-0.15, -0.1) is 0 Å². The van der Waals surface area contributed by atoms with E-state index in [4.69, 9.17) is 10.5 Å². The molecule has 0 amide bonds. The lowest BCUT2D eigenvalue weighted by atomic mass is 10.1. The van der Waals surface area contributed by atoms with Crippen molar-refractivity contribution in [2.45, 2.75) is 25.1 Å². The van der Waals surface area contributed by atoms with E-state index in [9.17, 15) is 13.2 Å². The first-order valence-corrected chi connectivity index (χ1v) is 6.67. The summed E-state index contributed by atoms with van der Waals surface area (Å²) in [6, 6.07) is 1.85. The molecule has 2 rings (SSSR count). The van der Waals surface area contributed by atoms with E-state index in [0.717, 1.165) is 31.6 Å². The van der Waals surface area contributed by atoms with Crippen molar-refractivity contribution in [3.63, 3.8) is 0 Å². The van der Waals surface area contributed by atoms with Crippen LogP contribution in [-0.4, -0.2) is 43.7 Å². The van der Waals surface area contributed by atoms with E-state index in [0.29, 0.717) is 5.75 Å². The van der Waals surface area contributed by atoms with Gasteiger partial charge in [0.1, 0.15) is 12.4 Å². The van der Waals surface area contributed by atoms with Crippen LogP contribution in [-0.2, 0) is 4.74 Å². The van der Waals surface area contributed by atoms with Crippen LogP contribution >= 0.6 is 0 Å². The van der Waals surface area contributed by atoms with Crippen LogP contribution in [0.15, 0.2) is 18.5 Å². The molecule has 1 fully saturated rings. The highest BCUT2D eigenvalue weighted by Gasteiger charge is 2.27. The number of nitrogens with two attached hydrogens (primary N) is 1. The Balaban J connectivity index is 1.86. The maximum Gasteiger partial charge on any atom is 0.411 e. The van der Waals surface area contributed by atoms with Crippen LogP contribution in [0, 0.1) is 0 Å². The summed E-state index contributed by atoms with van der Waals surface area (Å²) in [5.41, 5.74) is 6.77. The summed E-state index contributed by atoms with van der Waals surface area (Å²) < 4.78 is 45.3. The third-order valence-electron chi connectivity index (χ3n) is 3.10. The van der Waals surface area contributed by atoms with E-state index in [1.807, 2.05) is 0 Å². The van der Waals surface area contributed by atoms with Crippen LogP contribution in [0.3, 0.4) is 0 Å². The summed E-state index contributed by atoms with van der Waals surface area (Å²) in [5.74, 6) is 0.369. The van der Waals surface area contributed by atoms with Crippen molar-refractivity contribution in [3.05, 3.63) is 18.5 Å². The molecule has 0 spiro atoms. The first kappa shape index (κ1) is 15.8. The van der Waals surface area contributed by atoms with Crippen LogP contribution in [0.4, 0.5) is 18.9 Å². The van der Waals surface area contributed by atoms with E-state index in [1.165, 1.54) is 6.20 Å². The van der Waals surface area contributed by atoms with Crippen LogP contribution in [0.25, 0.3) is 0 Å². The number of nitrogens with zero attached hydrogens (tertiary/aromatic N) is 2. The molecule has 0 aliphatic carbocycles. The second kappa shape index (κ2) is 6.95. The summed E-state index contributed by atoms with van der Waals surface area (Å²) in [5, 5.41) is 0. The Morgan fingerprint density at radius 2 is 2.19 bits per heavy atom. The number of anilines is 1. The normalized spacial score (nSPS) is 19.6. The molecular formula is C13H18F3N3O2. The van der Waals surface area contributed by atoms with Gasteiger partial charge in [0.05, 0.1) is 18.1 Å². The average Bonchev–Trinajstić information content (AvgIpc) is 2.43. The van der Waals surface area contributed by atoms with Crippen LogP contribution in [0.1, 0.15) is 12.8 Å². The smallest absolute Gasteiger partial charge is 0.411 e. The van der Waals surface area contributed by atoms with Gasteiger partial charge in [0.25, 0.3) is 0 Å². The van der Waals surface area contributed by atoms with Gasteiger partial charge in [0.2, 0.25) is 0 Å². The Morgan fingerprint density at radius 3 is 2.90 bits per heavy atom. The summed E-state index contributed by atoms with van der Waals surface area (Å²) in [6.45, 7) is -0.190. The highest BCUT2D eigenvalue weighted by atomic mass is 19.4. The molecule has 1 aromatic rings. The predicted octanol–water partition coefficient (Wildman–Crippen LogP) is 1.92. The number of hydrogen-bond donors (Lipinski definition) is 1. The lowest BCUT2D eigenvalue weighted by Crippen LogP contribution is -2.42. The molecule has 1 unspecified atom stereocenters. The lowest BCUT2D eigenvalue weighted by Gasteiger charge is -2.32. The number of pyridine rings is 1. The van der Waals surface area contributed by atoms with Crippen molar-refractivity contribution in [1.29, 1.82) is 0 Å². The van der Waals surface area contributed by atoms with Gasteiger partial charge in [-0.05, 0) is 12.8 Å². The zero-order valence-corrected chi connectivity index (χ0v) is 11.5. The largest absolute Gasteiger partial charge is 0.466 e. The standard InChI is InChI=1S/C13H18F3N3O2/c14-13(15,16)8-20-9-21-12-4-11(5-18-6-12)19-3-1-2-10(17)7-19/h4-6,10H,1-3,7-9,17H2. The molecule has 2 heterocycles. The summed E-state index contributed by atoms with van der Waals surface area (Å²) in [4.78, 5) is 6.11. The molecule has 1 aliphatic rings. The fraction of sp³-hybridized carbons (Fsp3) is 0.615. The molecule has 0 bridgehead atoms. The quantitative estimate of drug-likeness (QED) is 0.665. The number of aromatic nitrogens is 1. The Bertz CT molecular complexity index is 457. The third kappa shape index (κ3) is 5.39. The molecule has 8 heteroatoms. The predicted molar refractivity (Wildman–Crippen MR) is 71.2 cm³/mol. The van der Waals surface area contributed by atoms with Gasteiger partial charge >= 0.3 is 6.18 Å². The van der Waals surface area contributed by atoms with Crippen LogP contribution in [0.2, 0.25) is 0 Å². The fourth-order valence-corrected chi connectivity index (χ4v) is 2.17. The molecular weight excluding hydrogens is 287 g/mol. The molecule has 118 valence electrons. The minimum absolute atomic E-state index is 0.124. The van der Waals surface area contributed by atoms with E-state index >= 15 is 0 Å². The number of rotatable bonds is 5. The van der Waals surface area contributed by atoms with E-state index < -0.39 is 19.6 Å². The van der Waals surface area contributed by atoms with Gasteiger partial charge in [-0.3, -0.25) is 4.98 Å². The number of alkyl halides is 3. The van der Waals surface area contributed by atoms with Gasteiger partial charge < -0.3 is 20.1 Å². The zero-order chi connectivity index (χ0) is 15.3. The van der Waals surface area contributed by atoms with Crippen molar-refractivity contribution in [3.8, 4) is 5.75 Å². The molecule has 5 nitrogen and oxygen atoms in total. The monoisotopic (exact) mass is 305 g/mol. The van der Waals surface area contributed by atoms with E-state index in [-0.39, 0.29) is 6.04 Å². The molecule has 21 heavy (non-hydrogen) atoms. The highest BCUT2D eigenvalue weighted by Crippen LogP contribution is 2.23. The summed E-state index contributed by atoms with van der Waals surface area (Å²) in [7, 11) is 0. The summed E-state index contributed by atoms with van der Waals surface area (Å²) in [6.07, 6.45) is 0.755. The number of halogens is 3. The van der Waals surface area contributed by atoms with Gasteiger partial charge in [-0.25, -0.2) is 0 Å². The van der Waals surface area contributed by atoms with Crippen molar-refractivity contribution < 1.29 is 22.6 Å². The molecule has 0 radical (unpaired) electrons.